The number of H-pyrrole nitrogens is 1. The van der Waals surface area contributed by atoms with E-state index in [9.17, 15) is 9.90 Å². The number of anilines is 2. The number of ether oxygens (including phenoxy) is 3. The number of hydrogen-bond acceptors (Lipinski definition) is 10. The number of aromatic nitrogens is 4. The number of aromatic amines is 1. The fourth-order valence-corrected chi connectivity index (χ4v) is 5.14. The number of fused-ring (bicyclic) bond motifs is 2. The zero-order valence-corrected chi connectivity index (χ0v) is 22.5. The molecule has 3 N–H and O–H groups in total. The summed E-state index contributed by atoms with van der Waals surface area (Å²) < 4.78 is 23.2. The van der Waals surface area contributed by atoms with Gasteiger partial charge in [0.2, 0.25) is 11.8 Å². The average Bonchev–Trinajstić information content (AvgIpc) is 3.26. The standard InChI is InChI=1S/C29H28N6O6/c1-15-31-22-5-3-16(9-24(22)40-15)20-11-30-26-25(20)27(41-19-7-8-39-14-19)34-29(33-26)32-21-6-4-17(10-23(21)38-2)28(37)35-12-18(35)13-36/h3-6,9-11,18-19,36H,7-8,12-14H2,1-2H3,(H2,30,32,33,34)/t18-,19?,35?/m1/s1. The maximum absolute atomic E-state index is 12.7. The average molecular weight is 557 g/mol. The van der Waals surface area contributed by atoms with Crippen LogP contribution in [-0.4, -0.2) is 81.5 Å². The maximum Gasteiger partial charge on any atom is 0.254 e. The highest BCUT2D eigenvalue weighted by Gasteiger charge is 2.38. The molecule has 3 aromatic heterocycles. The van der Waals surface area contributed by atoms with Crippen molar-refractivity contribution in [2.24, 2.45) is 0 Å². The molecular weight excluding hydrogens is 528 g/mol. The Balaban J connectivity index is 1.25. The van der Waals surface area contributed by atoms with E-state index < -0.39 is 0 Å². The number of hydrogen-bond donors (Lipinski definition) is 3. The number of carbonyl (C=O) groups excluding carboxylic acids is 1. The van der Waals surface area contributed by atoms with Gasteiger partial charge in [-0.3, -0.25) is 4.79 Å². The first-order valence-corrected chi connectivity index (χ1v) is 13.4. The van der Waals surface area contributed by atoms with E-state index in [-0.39, 0.29) is 24.7 Å². The van der Waals surface area contributed by atoms with Gasteiger partial charge in [-0.2, -0.15) is 9.97 Å². The maximum atomic E-state index is 12.7. The van der Waals surface area contributed by atoms with E-state index in [2.05, 4.69) is 15.3 Å². The van der Waals surface area contributed by atoms with Gasteiger partial charge in [-0.1, -0.05) is 6.07 Å². The number of aryl methyl sites for hydroxylation is 1. The number of methoxy groups -OCH3 is 1. The van der Waals surface area contributed by atoms with E-state index in [1.807, 2.05) is 31.3 Å². The van der Waals surface area contributed by atoms with Gasteiger partial charge in [0.15, 0.2) is 11.5 Å². The second kappa shape index (κ2) is 10.1. The number of benzene rings is 2. The van der Waals surface area contributed by atoms with E-state index in [1.54, 1.807) is 23.1 Å². The molecule has 0 aliphatic carbocycles. The summed E-state index contributed by atoms with van der Waals surface area (Å²) >= 11 is 0. The highest BCUT2D eigenvalue weighted by Crippen LogP contribution is 2.38. The van der Waals surface area contributed by atoms with Crippen LogP contribution in [0.15, 0.2) is 47.0 Å². The van der Waals surface area contributed by atoms with Crippen molar-refractivity contribution >= 4 is 39.7 Å². The summed E-state index contributed by atoms with van der Waals surface area (Å²) in [6, 6.07) is 10.8. The Bertz CT molecular complexity index is 1770. The summed E-state index contributed by atoms with van der Waals surface area (Å²) in [4.78, 5) is 31.5. The molecule has 0 radical (unpaired) electrons. The van der Waals surface area contributed by atoms with Crippen LogP contribution in [0, 0.1) is 6.92 Å². The lowest BCUT2D eigenvalue weighted by molar-refractivity contribution is 0.0862. The van der Waals surface area contributed by atoms with E-state index in [0.717, 1.165) is 28.5 Å². The minimum Gasteiger partial charge on any atom is -0.495 e. The smallest absolute Gasteiger partial charge is 0.254 e. The summed E-state index contributed by atoms with van der Waals surface area (Å²) in [5.41, 5.74) is 4.90. The van der Waals surface area contributed by atoms with Crippen molar-refractivity contribution in [1.82, 2.24) is 24.8 Å². The highest BCUT2D eigenvalue weighted by atomic mass is 16.5. The van der Waals surface area contributed by atoms with Crippen LogP contribution in [0.4, 0.5) is 11.6 Å². The third-order valence-electron chi connectivity index (χ3n) is 7.35. The molecule has 210 valence electrons. The van der Waals surface area contributed by atoms with Crippen molar-refractivity contribution < 1.29 is 28.5 Å². The highest BCUT2D eigenvalue weighted by molar-refractivity contribution is 5.99. The van der Waals surface area contributed by atoms with Gasteiger partial charge in [0.1, 0.15) is 23.0 Å². The van der Waals surface area contributed by atoms with Gasteiger partial charge in [-0.25, -0.2) is 4.98 Å². The van der Waals surface area contributed by atoms with Gasteiger partial charge >= 0.3 is 0 Å². The van der Waals surface area contributed by atoms with Crippen molar-refractivity contribution in [2.75, 3.05) is 38.8 Å². The molecule has 0 spiro atoms. The fraction of sp³-hybridized carbons (Fsp3) is 0.310. The Kier molecular flexibility index (Phi) is 6.20. The lowest BCUT2D eigenvalue weighted by Crippen LogP contribution is -2.17. The normalized spacial score (nSPS) is 18.3. The molecule has 5 aromatic rings. The Hall–Kier alpha value is -4.68. The number of amides is 1. The Morgan fingerprint density at radius 3 is 2.90 bits per heavy atom. The monoisotopic (exact) mass is 556 g/mol. The predicted molar refractivity (Wildman–Crippen MR) is 150 cm³/mol. The second-order valence-corrected chi connectivity index (χ2v) is 10.1. The molecule has 2 aromatic carbocycles. The predicted octanol–water partition coefficient (Wildman–Crippen LogP) is 3.81. The van der Waals surface area contributed by atoms with Crippen LogP contribution < -0.4 is 14.8 Å². The molecule has 12 heteroatoms. The minimum absolute atomic E-state index is 0.0471. The van der Waals surface area contributed by atoms with Gasteiger partial charge in [-0.15, -0.1) is 0 Å². The fourth-order valence-electron chi connectivity index (χ4n) is 5.14. The Morgan fingerprint density at radius 1 is 1.22 bits per heavy atom. The summed E-state index contributed by atoms with van der Waals surface area (Å²) in [5, 5.41) is 13.3. The number of nitrogens with zero attached hydrogens (tertiary/aromatic N) is 4. The minimum atomic E-state index is -0.154. The second-order valence-electron chi connectivity index (χ2n) is 10.1. The molecule has 2 saturated heterocycles. The number of oxazole rings is 1. The van der Waals surface area contributed by atoms with Crippen molar-refractivity contribution in [3.63, 3.8) is 0 Å². The quantitative estimate of drug-likeness (QED) is 0.241. The van der Waals surface area contributed by atoms with Gasteiger partial charge in [0.05, 0.1) is 44.0 Å². The molecule has 0 bridgehead atoms. The number of carbonyl (C=O) groups is 1. The summed E-state index contributed by atoms with van der Waals surface area (Å²) in [7, 11) is 1.53. The number of nitrogens with one attached hydrogen (secondary N) is 2. The van der Waals surface area contributed by atoms with Gasteiger partial charge < -0.3 is 38.9 Å². The first-order chi connectivity index (χ1) is 20.0. The Labute approximate surface area is 234 Å². The molecule has 41 heavy (non-hydrogen) atoms. The molecule has 0 saturated carbocycles. The van der Waals surface area contributed by atoms with Crippen molar-refractivity contribution in [3.8, 4) is 22.8 Å². The van der Waals surface area contributed by atoms with Crippen molar-refractivity contribution in [2.45, 2.75) is 25.5 Å². The molecule has 12 nitrogen and oxygen atoms in total. The van der Waals surface area contributed by atoms with Gasteiger partial charge in [0.25, 0.3) is 5.91 Å². The summed E-state index contributed by atoms with van der Waals surface area (Å²) in [6.07, 6.45) is 2.50. The van der Waals surface area contributed by atoms with Crippen LogP contribution in [-0.2, 0) is 4.74 Å². The number of aliphatic hydroxyl groups is 1. The van der Waals surface area contributed by atoms with Gasteiger partial charge in [-0.05, 0) is 35.9 Å². The SMILES string of the molecule is COc1cc(C(=O)N2C[C@@H]2CO)ccc1Nc1nc(OC2CCOC2)c2c(-c3ccc4nc(C)oc4c3)c[nH]c2n1. The molecule has 2 aliphatic rings. The molecule has 7 rings (SSSR count). The topological polar surface area (TPSA) is 148 Å². The van der Waals surface area contributed by atoms with E-state index >= 15 is 0 Å². The van der Waals surface area contributed by atoms with E-state index in [0.29, 0.717) is 65.7 Å². The number of aliphatic hydroxyl groups excluding tert-OH is 1. The first-order valence-electron chi connectivity index (χ1n) is 13.4. The van der Waals surface area contributed by atoms with E-state index in [1.165, 1.54) is 7.11 Å². The largest absolute Gasteiger partial charge is 0.495 e. The molecule has 1 unspecified atom stereocenters. The Morgan fingerprint density at radius 2 is 2.12 bits per heavy atom. The van der Waals surface area contributed by atoms with Crippen LogP contribution in [0.3, 0.4) is 0 Å². The van der Waals surface area contributed by atoms with E-state index in [4.69, 9.17) is 28.6 Å². The van der Waals surface area contributed by atoms with Crippen molar-refractivity contribution in [3.05, 3.63) is 54.0 Å². The molecule has 1 amide bonds. The van der Waals surface area contributed by atoms with Crippen LogP contribution in [0.2, 0.25) is 0 Å². The molecular formula is C29H28N6O6. The first kappa shape index (κ1) is 25.3. The zero-order valence-electron chi connectivity index (χ0n) is 22.5. The zero-order chi connectivity index (χ0) is 28.1. The van der Waals surface area contributed by atoms with Crippen molar-refractivity contribution in [1.29, 1.82) is 0 Å². The summed E-state index contributed by atoms with van der Waals surface area (Å²) in [5.74, 6) is 1.62. The van der Waals surface area contributed by atoms with Crippen LogP contribution in [0.5, 0.6) is 11.6 Å². The van der Waals surface area contributed by atoms with Gasteiger partial charge in [0, 0.05) is 37.2 Å². The summed E-state index contributed by atoms with van der Waals surface area (Å²) in [6.45, 7) is 3.43. The molecule has 2 atom stereocenters. The molecule has 2 fully saturated rings. The lowest BCUT2D eigenvalue weighted by Gasteiger charge is -2.15. The molecule has 2 aliphatic heterocycles. The van der Waals surface area contributed by atoms with Crippen LogP contribution in [0.1, 0.15) is 22.7 Å². The van der Waals surface area contributed by atoms with Crippen LogP contribution in [0.25, 0.3) is 33.3 Å². The van der Waals surface area contributed by atoms with Crippen LogP contribution >= 0.6 is 0 Å². The third kappa shape index (κ3) is 4.70. The third-order valence-corrected chi connectivity index (χ3v) is 7.35. The number of rotatable bonds is 8. The lowest BCUT2D eigenvalue weighted by atomic mass is 10.1. The molecule has 5 heterocycles.